The normalized spacial score (nSPS) is 11.5. The predicted octanol–water partition coefficient (Wildman–Crippen LogP) is 5.15. The summed E-state index contributed by atoms with van der Waals surface area (Å²) >= 11 is 1.72. The van der Waals surface area contributed by atoms with Crippen molar-refractivity contribution in [2.75, 3.05) is 25.0 Å². The molecule has 2 rings (SSSR count). The van der Waals surface area contributed by atoms with Crippen LogP contribution in [0.3, 0.4) is 0 Å². The molecular weight excluding hydrogens is 537 g/mol. The number of anilines is 1. The minimum atomic E-state index is -0.513. The molecule has 0 bridgehead atoms. The van der Waals surface area contributed by atoms with E-state index in [1.165, 1.54) is 10.6 Å². The number of nitrogens with one attached hydrogen (secondary N) is 3. The van der Waals surface area contributed by atoms with Gasteiger partial charge in [0.2, 0.25) is 0 Å². The number of halogens is 1. The standard InChI is InChI=1S/C23H35N5O2S.HI/c1-6-24-21(25-14-7-8-20-27-17(2)16-31-20)26-15-13-18-9-11-19(12-10-18)28-22(29)30-23(3,4)5;/h9-12,16H,6-8,13-15H2,1-5H3,(H,28,29)(H2,24,25,26);1H. The molecule has 2 aromatic rings. The van der Waals surface area contributed by atoms with Gasteiger partial charge < -0.3 is 15.4 Å². The van der Waals surface area contributed by atoms with Crippen LogP contribution in [-0.4, -0.2) is 42.3 Å². The summed E-state index contributed by atoms with van der Waals surface area (Å²) in [4.78, 5) is 21.0. The lowest BCUT2D eigenvalue weighted by Gasteiger charge is -2.19. The molecule has 1 aromatic carbocycles. The Kier molecular flexibility index (Phi) is 12.6. The van der Waals surface area contributed by atoms with Crippen LogP contribution in [0.25, 0.3) is 0 Å². The second-order valence-electron chi connectivity index (χ2n) is 8.25. The Bertz CT molecular complexity index is 847. The van der Waals surface area contributed by atoms with Gasteiger partial charge in [-0.1, -0.05) is 12.1 Å². The Morgan fingerprint density at radius 1 is 1.16 bits per heavy atom. The highest BCUT2D eigenvalue weighted by atomic mass is 127. The summed E-state index contributed by atoms with van der Waals surface area (Å²) in [6, 6.07) is 7.79. The Labute approximate surface area is 212 Å². The van der Waals surface area contributed by atoms with Crippen LogP contribution in [0.15, 0.2) is 34.6 Å². The molecule has 0 radical (unpaired) electrons. The van der Waals surface area contributed by atoms with Crippen LogP contribution in [0.5, 0.6) is 0 Å². The van der Waals surface area contributed by atoms with Gasteiger partial charge in [-0.3, -0.25) is 10.3 Å². The fourth-order valence-electron chi connectivity index (χ4n) is 2.78. The predicted molar refractivity (Wildman–Crippen MR) is 145 cm³/mol. The van der Waals surface area contributed by atoms with Gasteiger partial charge in [0, 0.05) is 42.8 Å². The van der Waals surface area contributed by atoms with Crippen molar-refractivity contribution in [1.29, 1.82) is 0 Å². The SMILES string of the molecule is CCNC(=NCCCc1nc(C)cs1)NCCc1ccc(NC(=O)OC(C)(C)C)cc1.I. The second kappa shape index (κ2) is 14.3. The van der Waals surface area contributed by atoms with Crippen LogP contribution < -0.4 is 16.0 Å². The number of nitrogens with zero attached hydrogens (tertiary/aromatic N) is 2. The van der Waals surface area contributed by atoms with E-state index in [0.29, 0.717) is 0 Å². The lowest BCUT2D eigenvalue weighted by atomic mass is 10.1. The van der Waals surface area contributed by atoms with E-state index in [0.717, 1.165) is 56.2 Å². The third-order valence-corrected chi connectivity index (χ3v) is 5.16. The zero-order chi connectivity index (χ0) is 22.7. The maximum atomic E-state index is 11.8. The summed E-state index contributed by atoms with van der Waals surface area (Å²) in [6.07, 6.45) is 2.36. The number of thiazole rings is 1. The molecule has 7 nitrogen and oxygen atoms in total. The molecule has 0 aliphatic carbocycles. The molecule has 0 spiro atoms. The fourth-order valence-corrected chi connectivity index (χ4v) is 3.60. The van der Waals surface area contributed by atoms with Gasteiger partial charge in [-0.05, 0) is 65.2 Å². The van der Waals surface area contributed by atoms with Gasteiger partial charge in [0.05, 0.1) is 5.01 Å². The van der Waals surface area contributed by atoms with Crippen molar-refractivity contribution in [1.82, 2.24) is 15.6 Å². The number of hydrogen-bond donors (Lipinski definition) is 3. The minimum Gasteiger partial charge on any atom is -0.444 e. The summed E-state index contributed by atoms with van der Waals surface area (Å²) in [7, 11) is 0. The third kappa shape index (κ3) is 11.7. The molecule has 3 N–H and O–H groups in total. The maximum Gasteiger partial charge on any atom is 0.412 e. The number of aromatic nitrogens is 1. The molecule has 9 heteroatoms. The van der Waals surface area contributed by atoms with Crippen molar-refractivity contribution in [3.8, 4) is 0 Å². The topological polar surface area (TPSA) is 87.6 Å². The first-order chi connectivity index (χ1) is 14.7. The number of hydrogen-bond acceptors (Lipinski definition) is 5. The van der Waals surface area contributed by atoms with E-state index in [9.17, 15) is 4.79 Å². The number of amides is 1. The van der Waals surface area contributed by atoms with Crippen molar-refractivity contribution in [3.05, 3.63) is 45.9 Å². The highest BCUT2D eigenvalue weighted by molar-refractivity contribution is 14.0. The van der Waals surface area contributed by atoms with Gasteiger partial charge in [0.15, 0.2) is 5.96 Å². The number of benzene rings is 1. The maximum absolute atomic E-state index is 11.8. The average Bonchev–Trinajstić information content (AvgIpc) is 3.10. The average molecular weight is 574 g/mol. The molecule has 178 valence electrons. The van der Waals surface area contributed by atoms with E-state index < -0.39 is 11.7 Å². The summed E-state index contributed by atoms with van der Waals surface area (Å²) in [6.45, 7) is 12.0. The van der Waals surface area contributed by atoms with Crippen molar-refractivity contribution in [2.24, 2.45) is 4.99 Å². The summed E-state index contributed by atoms with van der Waals surface area (Å²) < 4.78 is 5.27. The Balaban J connectivity index is 0.00000512. The smallest absolute Gasteiger partial charge is 0.412 e. The largest absolute Gasteiger partial charge is 0.444 e. The Morgan fingerprint density at radius 2 is 1.88 bits per heavy atom. The Morgan fingerprint density at radius 3 is 2.47 bits per heavy atom. The van der Waals surface area contributed by atoms with Crippen LogP contribution in [0.2, 0.25) is 0 Å². The molecule has 32 heavy (non-hydrogen) atoms. The van der Waals surface area contributed by atoms with Crippen LogP contribution >= 0.6 is 35.3 Å². The summed E-state index contributed by atoms with van der Waals surface area (Å²) in [5.74, 6) is 0.834. The monoisotopic (exact) mass is 573 g/mol. The van der Waals surface area contributed by atoms with Crippen molar-refractivity contribution in [3.63, 3.8) is 0 Å². The van der Waals surface area contributed by atoms with Crippen LogP contribution in [0.4, 0.5) is 10.5 Å². The molecular formula is C23H36IN5O2S. The zero-order valence-electron chi connectivity index (χ0n) is 19.7. The summed E-state index contributed by atoms with van der Waals surface area (Å²) in [5.41, 5.74) is 2.47. The molecule has 0 aliphatic rings. The second-order valence-corrected chi connectivity index (χ2v) is 9.19. The number of aliphatic imine (C=N–C) groups is 1. The Hall–Kier alpha value is -1.88. The van der Waals surface area contributed by atoms with E-state index in [1.54, 1.807) is 11.3 Å². The molecule has 0 saturated heterocycles. The van der Waals surface area contributed by atoms with Gasteiger partial charge in [0.25, 0.3) is 0 Å². The van der Waals surface area contributed by atoms with Crippen molar-refractivity contribution >= 4 is 53.1 Å². The number of carbonyl (C=O) groups is 1. The molecule has 1 aromatic heterocycles. The van der Waals surface area contributed by atoms with E-state index in [2.05, 4.69) is 38.2 Å². The van der Waals surface area contributed by atoms with E-state index in [1.807, 2.05) is 52.0 Å². The number of rotatable bonds is 9. The van der Waals surface area contributed by atoms with E-state index in [4.69, 9.17) is 4.74 Å². The van der Waals surface area contributed by atoms with E-state index in [-0.39, 0.29) is 24.0 Å². The van der Waals surface area contributed by atoms with Gasteiger partial charge in [-0.25, -0.2) is 9.78 Å². The first-order valence-corrected chi connectivity index (χ1v) is 11.7. The molecule has 0 atom stereocenters. The molecule has 1 heterocycles. The summed E-state index contributed by atoms with van der Waals surface area (Å²) in [5, 5.41) is 12.7. The minimum absolute atomic E-state index is 0. The quantitative estimate of drug-likeness (QED) is 0.167. The fraction of sp³-hybridized carbons (Fsp3) is 0.522. The van der Waals surface area contributed by atoms with Gasteiger partial charge in [0.1, 0.15) is 5.60 Å². The van der Waals surface area contributed by atoms with Gasteiger partial charge >= 0.3 is 6.09 Å². The molecule has 0 saturated carbocycles. The van der Waals surface area contributed by atoms with Gasteiger partial charge in [-0.15, -0.1) is 35.3 Å². The van der Waals surface area contributed by atoms with Crippen molar-refractivity contribution < 1.29 is 9.53 Å². The van der Waals surface area contributed by atoms with E-state index >= 15 is 0 Å². The number of ether oxygens (including phenoxy) is 1. The van der Waals surface area contributed by atoms with Gasteiger partial charge in [-0.2, -0.15) is 0 Å². The molecule has 0 fully saturated rings. The molecule has 0 aliphatic heterocycles. The first-order valence-electron chi connectivity index (χ1n) is 10.8. The lowest BCUT2D eigenvalue weighted by molar-refractivity contribution is 0.0636. The zero-order valence-corrected chi connectivity index (χ0v) is 22.8. The number of guanidine groups is 1. The number of aryl methyl sites for hydroxylation is 2. The van der Waals surface area contributed by atoms with Crippen LogP contribution in [0, 0.1) is 6.92 Å². The number of carbonyl (C=O) groups excluding carboxylic acids is 1. The highest BCUT2D eigenvalue weighted by Gasteiger charge is 2.16. The highest BCUT2D eigenvalue weighted by Crippen LogP contribution is 2.13. The first kappa shape index (κ1) is 28.2. The van der Waals surface area contributed by atoms with Crippen LogP contribution in [0.1, 0.15) is 50.4 Å². The van der Waals surface area contributed by atoms with Crippen LogP contribution in [-0.2, 0) is 17.6 Å². The third-order valence-electron chi connectivity index (χ3n) is 4.13. The molecule has 1 amide bonds. The lowest BCUT2D eigenvalue weighted by Crippen LogP contribution is -2.38. The van der Waals surface area contributed by atoms with Crippen molar-refractivity contribution in [2.45, 2.75) is 59.5 Å². The molecule has 0 unspecified atom stereocenters.